The Kier molecular flexibility index (Phi) is 8.07. The second kappa shape index (κ2) is 12.0. The van der Waals surface area contributed by atoms with Crippen LogP contribution in [0.15, 0.2) is 120 Å². The first-order valence-corrected chi connectivity index (χ1v) is 13.7. The van der Waals surface area contributed by atoms with Crippen LogP contribution in [0.2, 0.25) is 5.02 Å². The van der Waals surface area contributed by atoms with Gasteiger partial charge in [-0.2, -0.15) is 5.26 Å². The number of anilines is 2. The number of para-hydroxylation sites is 2. The van der Waals surface area contributed by atoms with Crippen LogP contribution in [0.1, 0.15) is 11.1 Å². The second-order valence-electron chi connectivity index (χ2n) is 8.91. The molecule has 0 aliphatic rings. The molecule has 1 heterocycles. The Hall–Kier alpha value is -4.37. The van der Waals surface area contributed by atoms with Crippen molar-refractivity contribution in [2.24, 2.45) is 0 Å². The number of hydrogen-bond donors (Lipinski definition) is 0. The minimum Gasteiger partial charge on any atom is -0.280 e. The highest BCUT2D eigenvalue weighted by Crippen LogP contribution is 2.35. The number of rotatable bonds is 7. The predicted molar refractivity (Wildman–Crippen MR) is 160 cm³/mol. The van der Waals surface area contributed by atoms with Gasteiger partial charge >= 0.3 is 0 Å². The van der Waals surface area contributed by atoms with Gasteiger partial charge in [0, 0.05) is 27.5 Å². The minimum atomic E-state index is -0.114. The summed E-state index contributed by atoms with van der Waals surface area (Å²) < 4.78 is 0. The Labute approximate surface area is 237 Å². The minimum absolute atomic E-state index is 0.100. The zero-order chi connectivity index (χ0) is 27.2. The Morgan fingerprint density at radius 2 is 1.41 bits per heavy atom. The van der Waals surface area contributed by atoms with E-state index in [4.69, 9.17) is 16.6 Å². The SMILES string of the molecule is Cc1ccc(-c2cc(-c3ccc(Cl)cc3)c(C#N)c(SCC(=O)N(c3ccccc3)c3ccccc3)n2)cc1. The van der Waals surface area contributed by atoms with Crippen molar-refractivity contribution >= 4 is 40.6 Å². The van der Waals surface area contributed by atoms with Crippen LogP contribution in [-0.4, -0.2) is 16.6 Å². The number of aromatic nitrogens is 1. The van der Waals surface area contributed by atoms with Gasteiger partial charge in [0.25, 0.3) is 0 Å². The zero-order valence-corrected chi connectivity index (χ0v) is 22.8. The van der Waals surface area contributed by atoms with Crippen molar-refractivity contribution in [1.29, 1.82) is 5.26 Å². The Balaban J connectivity index is 1.54. The summed E-state index contributed by atoms with van der Waals surface area (Å²) in [5.74, 6) is -0.0139. The normalized spacial score (nSPS) is 10.6. The highest BCUT2D eigenvalue weighted by molar-refractivity contribution is 8.00. The molecular weight excluding hydrogens is 522 g/mol. The second-order valence-corrected chi connectivity index (χ2v) is 10.3. The van der Waals surface area contributed by atoms with Crippen molar-refractivity contribution in [3.05, 3.63) is 131 Å². The first kappa shape index (κ1) is 26.2. The number of carbonyl (C=O) groups is 1. The molecule has 0 saturated carbocycles. The van der Waals surface area contributed by atoms with E-state index in [0.29, 0.717) is 15.6 Å². The lowest BCUT2D eigenvalue weighted by atomic mass is 9.99. The van der Waals surface area contributed by atoms with Gasteiger partial charge in [-0.15, -0.1) is 0 Å². The van der Waals surface area contributed by atoms with Crippen LogP contribution < -0.4 is 4.90 Å². The van der Waals surface area contributed by atoms with Gasteiger partial charge in [0.15, 0.2) is 0 Å². The summed E-state index contributed by atoms with van der Waals surface area (Å²) in [5.41, 5.74) is 6.40. The van der Waals surface area contributed by atoms with Crippen LogP contribution in [0.4, 0.5) is 11.4 Å². The summed E-state index contributed by atoms with van der Waals surface area (Å²) in [6.45, 7) is 2.03. The highest BCUT2D eigenvalue weighted by Gasteiger charge is 2.21. The van der Waals surface area contributed by atoms with Gasteiger partial charge in [0.2, 0.25) is 5.91 Å². The fourth-order valence-corrected chi connectivity index (χ4v) is 5.23. The lowest BCUT2D eigenvalue weighted by molar-refractivity contribution is -0.115. The molecule has 4 nitrogen and oxygen atoms in total. The maximum atomic E-state index is 13.7. The molecule has 1 aromatic heterocycles. The maximum Gasteiger partial charge on any atom is 0.241 e. The lowest BCUT2D eigenvalue weighted by Gasteiger charge is -2.23. The molecule has 39 heavy (non-hydrogen) atoms. The van der Waals surface area contributed by atoms with Crippen molar-refractivity contribution < 1.29 is 4.79 Å². The average Bonchev–Trinajstić information content (AvgIpc) is 2.97. The number of amides is 1. The summed E-state index contributed by atoms with van der Waals surface area (Å²) in [6.07, 6.45) is 0. The van der Waals surface area contributed by atoms with Crippen molar-refractivity contribution in [1.82, 2.24) is 4.98 Å². The van der Waals surface area contributed by atoms with E-state index < -0.39 is 0 Å². The van der Waals surface area contributed by atoms with Gasteiger partial charge in [-0.25, -0.2) is 4.98 Å². The third kappa shape index (κ3) is 6.04. The number of carbonyl (C=O) groups excluding carboxylic acids is 1. The largest absolute Gasteiger partial charge is 0.280 e. The van der Waals surface area contributed by atoms with Gasteiger partial charge in [-0.05, 0) is 55.0 Å². The molecule has 0 aliphatic carbocycles. The standard InChI is InChI=1S/C33H24ClN3OS/c1-23-12-14-25(15-13-23)31-20-29(24-16-18-26(34)19-17-24)30(21-35)33(36-31)39-22-32(38)37(27-8-4-2-5-9-27)28-10-6-3-7-11-28/h2-20H,22H2,1H3. The molecule has 0 aliphatic heterocycles. The van der Waals surface area contributed by atoms with E-state index in [-0.39, 0.29) is 11.7 Å². The summed E-state index contributed by atoms with van der Waals surface area (Å²) in [4.78, 5) is 20.2. The van der Waals surface area contributed by atoms with E-state index in [9.17, 15) is 10.1 Å². The number of pyridine rings is 1. The molecule has 0 spiro atoms. The quantitative estimate of drug-likeness (QED) is 0.192. The smallest absolute Gasteiger partial charge is 0.241 e. The Bertz CT molecular complexity index is 1590. The number of nitrogens with zero attached hydrogens (tertiary/aromatic N) is 3. The van der Waals surface area contributed by atoms with Crippen molar-refractivity contribution in [3.63, 3.8) is 0 Å². The van der Waals surface area contributed by atoms with Crippen molar-refractivity contribution in [2.45, 2.75) is 11.9 Å². The van der Waals surface area contributed by atoms with E-state index in [2.05, 4.69) is 6.07 Å². The van der Waals surface area contributed by atoms with Crippen molar-refractivity contribution in [2.75, 3.05) is 10.7 Å². The Morgan fingerprint density at radius 3 is 1.97 bits per heavy atom. The van der Waals surface area contributed by atoms with E-state index >= 15 is 0 Å². The summed E-state index contributed by atoms with van der Waals surface area (Å²) in [5, 5.41) is 11.3. The molecule has 4 aromatic carbocycles. The van der Waals surface area contributed by atoms with Crippen LogP contribution in [0.3, 0.4) is 0 Å². The molecule has 5 rings (SSSR count). The summed E-state index contributed by atoms with van der Waals surface area (Å²) in [6, 6.07) is 38.9. The summed E-state index contributed by atoms with van der Waals surface area (Å²) in [7, 11) is 0. The molecule has 0 saturated heterocycles. The number of nitriles is 1. The molecule has 5 aromatic rings. The van der Waals surface area contributed by atoms with Crippen LogP contribution in [0.5, 0.6) is 0 Å². The molecule has 0 fully saturated rings. The fraction of sp³-hybridized carbons (Fsp3) is 0.0606. The topological polar surface area (TPSA) is 57.0 Å². The molecule has 6 heteroatoms. The van der Waals surface area contributed by atoms with E-state index in [0.717, 1.165) is 39.3 Å². The van der Waals surface area contributed by atoms with Gasteiger partial charge in [0.05, 0.1) is 17.0 Å². The van der Waals surface area contributed by atoms with Gasteiger partial charge in [0.1, 0.15) is 11.1 Å². The first-order valence-electron chi connectivity index (χ1n) is 12.4. The molecule has 0 radical (unpaired) electrons. The predicted octanol–water partition coefficient (Wildman–Crippen LogP) is 8.71. The number of hydrogen-bond acceptors (Lipinski definition) is 4. The van der Waals surface area contributed by atoms with Gasteiger partial charge in [-0.3, -0.25) is 9.69 Å². The molecule has 1 amide bonds. The van der Waals surface area contributed by atoms with Crippen molar-refractivity contribution in [3.8, 4) is 28.5 Å². The number of aryl methyl sites for hydroxylation is 1. The van der Waals surface area contributed by atoms with Crippen LogP contribution in [0.25, 0.3) is 22.4 Å². The van der Waals surface area contributed by atoms with Crippen LogP contribution >= 0.6 is 23.4 Å². The monoisotopic (exact) mass is 545 g/mol. The third-order valence-corrected chi connectivity index (χ3v) is 7.42. The molecule has 0 N–H and O–H groups in total. The number of halogens is 1. The van der Waals surface area contributed by atoms with Crippen LogP contribution in [-0.2, 0) is 4.79 Å². The first-order chi connectivity index (χ1) is 19.0. The lowest BCUT2D eigenvalue weighted by Crippen LogP contribution is -2.27. The maximum absolute atomic E-state index is 13.7. The molecule has 0 atom stereocenters. The Morgan fingerprint density at radius 1 is 0.846 bits per heavy atom. The molecule has 0 unspecified atom stereocenters. The molecular formula is C33H24ClN3OS. The van der Waals surface area contributed by atoms with E-state index in [1.165, 1.54) is 11.8 Å². The average molecular weight is 546 g/mol. The summed E-state index contributed by atoms with van der Waals surface area (Å²) >= 11 is 7.41. The fourth-order valence-electron chi connectivity index (χ4n) is 4.25. The highest BCUT2D eigenvalue weighted by atomic mass is 35.5. The van der Waals surface area contributed by atoms with E-state index in [1.807, 2.05) is 110 Å². The van der Waals surface area contributed by atoms with Crippen LogP contribution in [0, 0.1) is 18.3 Å². The van der Waals surface area contributed by atoms with Gasteiger partial charge < -0.3 is 0 Å². The third-order valence-electron chi connectivity index (χ3n) is 6.21. The van der Waals surface area contributed by atoms with E-state index in [1.54, 1.807) is 17.0 Å². The van der Waals surface area contributed by atoms with Gasteiger partial charge in [-0.1, -0.05) is 102 Å². The molecule has 0 bridgehead atoms. The number of thioether (sulfide) groups is 1. The molecule has 190 valence electrons. The number of benzene rings is 4. The zero-order valence-electron chi connectivity index (χ0n) is 21.2.